The average molecular weight is 281 g/mol. The summed E-state index contributed by atoms with van der Waals surface area (Å²) in [4.78, 5) is 12.3. The molecule has 0 spiro atoms. The molecule has 0 aliphatic rings. The van der Waals surface area contributed by atoms with E-state index in [1.165, 1.54) is 11.1 Å². The molecule has 0 atom stereocenters. The summed E-state index contributed by atoms with van der Waals surface area (Å²) in [5, 5.41) is 3.00. The number of benzene rings is 2. The zero-order valence-corrected chi connectivity index (χ0v) is 13.2. The van der Waals surface area contributed by atoms with Gasteiger partial charge in [0.25, 0.3) is 5.91 Å². The molecule has 0 aliphatic carbocycles. The summed E-state index contributed by atoms with van der Waals surface area (Å²) >= 11 is 0. The van der Waals surface area contributed by atoms with E-state index in [4.69, 9.17) is 0 Å². The molecule has 0 saturated heterocycles. The highest BCUT2D eigenvalue weighted by Crippen LogP contribution is 2.22. The molecule has 2 rings (SSSR count). The number of amides is 1. The molecule has 0 aromatic heterocycles. The number of carbonyl (C=O) groups is 1. The SMILES string of the molecule is Cc1ccccc1CNC(=O)c1cccc(C(C)(C)C)c1. The predicted octanol–water partition coefficient (Wildman–Crippen LogP) is 4.22. The Morgan fingerprint density at radius 3 is 2.43 bits per heavy atom. The molecular weight excluding hydrogens is 258 g/mol. The standard InChI is InChI=1S/C19H23NO/c1-14-8-5-6-9-16(14)13-20-18(21)15-10-7-11-17(12-15)19(2,3)4/h5-12H,13H2,1-4H3,(H,20,21). The lowest BCUT2D eigenvalue weighted by atomic mass is 9.86. The van der Waals surface area contributed by atoms with Crippen LogP contribution in [0.1, 0.15) is 47.8 Å². The van der Waals surface area contributed by atoms with Crippen LogP contribution in [0.15, 0.2) is 48.5 Å². The van der Waals surface area contributed by atoms with Gasteiger partial charge in [-0.1, -0.05) is 57.2 Å². The smallest absolute Gasteiger partial charge is 0.251 e. The lowest BCUT2D eigenvalue weighted by Gasteiger charge is -2.19. The van der Waals surface area contributed by atoms with Crippen LogP contribution in [0.3, 0.4) is 0 Å². The van der Waals surface area contributed by atoms with Gasteiger partial charge in [-0.2, -0.15) is 0 Å². The van der Waals surface area contributed by atoms with E-state index in [1.807, 2.05) is 36.4 Å². The van der Waals surface area contributed by atoms with Crippen LogP contribution in [0, 0.1) is 6.92 Å². The van der Waals surface area contributed by atoms with Gasteiger partial charge in [-0.05, 0) is 41.2 Å². The van der Waals surface area contributed by atoms with Gasteiger partial charge in [-0.25, -0.2) is 0 Å². The van der Waals surface area contributed by atoms with Gasteiger partial charge in [0.2, 0.25) is 0 Å². The molecule has 2 aromatic carbocycles. The van der Waals surface area contributed by atoms with Gasteiger partial charge in [0, 0.05) is 12.1 Å². The van der Waals surface area contributed by atoms with E-state index in [9.17, 15) is 4.79 Å². The van der Waals surface area contributed by atoms with Gasteiger partial charge >= 0.3 is 0 Å². The topological polar surface area (TPSA) is 29.1 Å². The van der Waals surface area contributed by atoms with Crippen LogP contribution in [-0.4, -0.2) is 5.91 Å². The van der Waals surface area contributed by atoms with Crippen molar-refractivity contribution in [1.82, 2.24) is 5.32 Å². The van der Waals surface area contributed by atoms with Gasteiger partial charge in [0.1, 0.15) is 0 Å². The molecule has 21 heavy (non-hydrogen) atoms. The Bertz CT molecular complexity index is 638. The van der Waals surface area contributed by atoms with E-state index in [2.05, 4.69) is 45.1 Å². The predicted molar refractivity (Wildman–Crippen MR) is 87.5 cm³/mol. The molecule has 0 heterocycles. The van der Waals surface area contributed by atoms with Crippen molar-refractivity contribution in [3.63, 3.8) is 0 Å². The van der Waals surface area contributed by atoms with Crippen LogP contribution < -0.4 is 5.32 Å². The Hall–Kier alpha value is -2.09. The molecule has 0 aliphatic heterocycles. The Labute approximate surface area is 127 Å². The summed E-state index contributed by atoms with van der Waals surface area (Å²) in [5.74, 6) is -0.0237. The van der Waals surface area contributed by atoms with Gasteiger partial charge < -0.3 is 5.32 Å². The molecule has 2 aromatic rings. The molecular formula is C19H23NO. The van der Waals surface area contributed by atoms with Crippen molar-refractivity contribution in [2.45, 2.75) is 39.7 Å². The number of hydrogen-bond donors (Lipinski definition) is 1. The van der Waals surface area contributed by atoms with E-state index < -0.39 is 0 Å². The lowest BCUT2D eigenvalue weighted by Crippen LogP contribution is -2.24. The Morgan fingerprint density at radius 1 is 1.05 bits per heavy atom. The van der Waals surface area contributed by atoms with Crippen LogP contribution in [0.4, 0.5) is 0 Å². The second-order valence-corrected chi connectivity index (χ2v) is 6.44. The van der Waals surface area contributed by atoms with Gasteiger partial charge in [-0.3, -0.25) is 4.79 Å². The minimum Gasteiger partial charge on any atom is -0.348 e. The van der Waals surface area contributed by atoms with Crippen molar-refractivity contribution in [3.8, 4) is 0 Å². The van der Waals surface area contributed by atoms with Crippen molar-refractivity contribution >= 4 is 5.91 Å². The maximum absolute atomic E-state index is 12.3. The first-order valence-electron chi connectivity index (χ1n) is 7.31. The quantitative estimate of drug-likeness (QED) is 0.896. The first-order chi connectivity index (χ1) is 9.88. The van der Waals surface area contributed by atoms with Crippen molar-refractivity contribution in [2.75, 3.05) is 0 Å². The first-order valence-corrected chi connectivity index (χ1v) is 7.31. The van der Waals surface area contributed by atoms with Gasteiger partial charge in [-0.15, -0.1) is 0 Å². The fraction of sp³-hybridized carbons (Fsp3) is 0.316. The number of aryl methyl sites for hydroxylation is 1. The average Bonchev–Trinajstić information content (AvgIpc) is 2.45. The summed E-state index contributed by atoms with van der Waals surface area (Å²) in [6.07, 6.45) is 0. The van der Waals surface area contributed by atoms with Crippen molar-refractivity contribution < 1.29 is 4.79 Å². The highest BCUT2D eigenvalue weighted by molar-refractivity contribution is 5.94. The summed E-state index contributed by atoms with van der Waals surface area (Å²) in [6, 6.07) is 16.0. The van der Waals surface area contributed by atoms with Crippen LogP contribution >= 0.6 is 0 Å². The maximum Gasteiger partial charge on any atom is 0.251 e. The highest BCUT2D eigenvalue weighted by Gasteiger charge is 2.15. The summed E-state index contributed by atoms with van der Waals surface area (Å²) in [5.41, 5.74) is 4.29. The third-order valence-electron chi connectivity index (χ3n) is 3.69. The third kappa shape index (κ3) is 3.94. The van der Waals surface area contributed by atoms with Crippen molar-refractivity contribution in [1.29, 1.82) is 0 Å². The summed E-state index contributed by atoms with van der Waals surface area (Å²) in [6.45, 7) is 9.07. The molecule has 0 bridgehead atoms. The third-order valence-corrected chi connectivity index (χ3v) is 3.69. The first kappa shape index (κ1) is 15.3. The van der Waals surface area contributed by atoms with Crippen LogP contribution in [0.25, 0.3) is 0 Å². The Balaban J connectivity index is 2.09. The zero-order valence-electron chi connectivity index (χ0n) is 13.2. The lowest BCUT2D eigenvalue weighted by molar-refractivity contribution is 0.0950. The minimum absolute atomic E-state index is 0.0237. The van der Waals surface area contributed by atoms with Crippen LogP contribution in [0.5, 0.6) is 0 Å². The molecule has 1 amide bonds. The molecule has 2 heteroatoms. The Kier molecular flexibility index (Phi) is 4.46. The number of carbonyl (C=O) groups excluding carboxylic acids is 1. The minimum atomic E-state index is -0.0237. The number of hydrogen-bond acceptors (Lipinski definition) is 1. The van der Waals surface area contributed by atoms with Gasteiger partial charge in [0.05, 0.1) is 0 Å². The molecule has 0 radical (unpaired) electrons. The fourth-order valence-corrected chi connectivity index (χ4v) is 2.21. The monoisotopic (exact) mass is 281 g/mol. The largest absolute Gasteiger partial charge is 0.348 e. The number of nitrogens with one attached hydrogen (secondary N) is 1. The molecule has 2 nitrogen and oxygen atoms in total. The summed E-state index contributed by atoms with van der Waals surface area (Å²) in [7, 11) is 0. The maximum atomic E-state index is 12.3. The normalized spacial score (nSPS) is 11.2. The van der Waals surface area contributed by atoms with Gasteiger partial charge in [0.15, 0.2) is 0 Å². The molecule has 0 fully saturated rings. The van der Waals surface area contributed by atoms with E-state index in [0.717, 1.165) is 11.1 Å². The van der Waals surface area contributed by atoms with E-state index in [0.29, 0.717) is 6.54 Å². The molecule has 0 unspecified atom stereocenters. The number of rotatable bonds is 3. The highest BCUT2D eigenvalue weighted by atomic mass is 16.1. The molecule has 1 N–H and O–H groups in total. The van der Waals surface area contributed by atoms with Crippen molar-refractivity contribution in [2.24, 2.45) is 0 Å². The van der Waals surface area contributed by atoms with Crippen molar-refractivity contribution in [3.05, 3.63) is 70.8 Å². The van der Waals surface area contributed by atoms with E-state index in [-0.39, 0.29) is 11.3 Å². The van der Waals surface area contributed by atoms with E-state index in [1.54, 1.807) is 0 Å². The second-order valence-electron chi connectivity index (χ2n) is 6.44. The van der Waals surface area contributed by atoms with Crippen LogP contribution in [-0.2, 0) is 12.0 Å². The van der Waals surface area contributed by atoms with E-state index >= 15 is 0 Å². The Morgan fingerprint density at radius 2 is 1.76 bits per heavy atom. The molecule has 0 saturated carbocycles. The molecule has 110 valence electrons. The zero-order chi connectivity index (χ0) is 15.5. The second kappa shape index (κ2) is 6.13. The fourth-order valence-electron chi connectivity index (χ4n) is 2.21. The van der Waals surface area contributed by atoms with Crippen LogP contribution in [0.2, 0.25) is 0 Å². The summed E-state index contributed by atoms with van der Waals surface area (Å²) < 4.78 is 0.